The third-order valence-electron chi connectivity index (χ3n) is 5.42. The van der Waals surface area contributed by atoms with Crippen LogP contribution in [0.3, 0.4) is 0 Å². The molecule has 0 N–H and O–H groups in total. The SMILES string of the molecule is Cc1nn(-c2ccccc2)c(C)c1CC(=O)N1CCC[C@@H]1Cn1cccn1. The number of carbonyl (C=O) groups excluding carboxylic acids is 1. The van der Waals surface area contributed by atoms with E-state index in [1.54, 1.807) is 6.20 Å². The van der Waals surface area contributed by atoms with Crippen LogP contribution >= 0.6 is 0 Å². The second-order valence-electron chi connectivity index (χ2n) is 7.18. The zero-order chi connectivity index (χ0) is 18.8. The second kappa shape index (κ2) is 7.39. The summed E-state index contributed by atoms with van der Waals surface area (Å²) in [7, 11) is 0. The van der Waals surface area contributed by atoms with Gasteiger partial charge >= 0.3 is 0 Å². The van der Waals surface area contributed by atoms with Crippen molar-refractivity contribution >= 4 is 5.91 Å². The van der Waals surface area contributed by atoms with E-state index >= 15 is 0 Å². The number of nitrogens with zero attached hydrogens (tertiary/aromatic N) is 5. The highest BCUT2D eigenvalue weighted by Crippen LogP contribution is 2.23. The molecule has 6 nitrogen and oxygen atoms in total. The van der Waals surface area contributed by atoms with Crippen LogP contribution in [0.15, 0.2) is 48.8 Å². The van der Waals surface area contributed by atoms with Gasteiger partial charge in [0.2, 0.25) is 5.91 Å². The first-order valence-corrected chi connectivity index (χ1v) is 9.51. The maximum atomic E-state index is 13.1. The Morgan fingerprint density at radius 2 is 2.00 bits per heavy atom. The van der Waals surface area contributed by atoms with E-state index in [2.05, 4.69) is 10.2 Å². The van der Waals surface area contributed by atoms with E-state index in [9.17, 15) is 4.79 Å². The van der Waals surface area contributed by atoms with Gasteiger partial charge in [0.05, 0.1) is 30.4 Å². The number of likely N-dealkylation sites (tertiary alicyclic amines) is 1. The molecule has 1 amide bonds. The van der Waals surface area contributed by atoms with E-state index in [-0.39, 0.29) is 11.9 Å². The molecule has 0 radical (unpaired) electrons. The number of aryl methyl sites for hydroxylation is 1. The number of rotatable bonds is 5. The molecule has 6 heteroatoms. The number of hydrogen-bond acceptors (Lipinski definition) is 3. The first-order valence-electron chi connectivity index (χ1n) is 9.51. The van der Waals surface area contributed by atoms with Crippen molar-refractivity contribution in [3.63, 3.8) is 0 Å². The van der Waals surface area contributed by atoms with Gasteiger partial charge in [-0.05, 0) is 44.9 Å². The van der Waals surface area contributed by atoms with Gasteiger partial charge in [-0.2, -0.15) is 10.2 Å². The van der Waals surface area contributed by atoms with E-state index in [0.29, 0.717) is 6.42 Å². The third-order valence-corrected chi connectivity index (χ3v) is 5.42. The molecule has 1 atom stereocenters. The minimum Gasteiger partial charge on any atom is -0.338 e. The zero-order valence-corrected chi connectivity index (χ0v) is 15.9. The van der Waals surface area contributed by atoms with Crippen molar-refractivity contribution in [3.05, 3.63) is 65.7 Å². The number of benzene rings is 1. The van der Waals surface area contributed by atoms with Crippen LogP contribution in [-0.2, 0) is 17.8 Å². The van der Waals surface area contributed by atoms with Gasteiger partial charge in [-0.15, -0.1) is 0 Å². The Hall–Kier alpha value is -2.89. The van der Waals surface area contributed by atoms with Crippen LogP contribution in [0.5, 0.6) is 0 Å². The highest BCUT2D eigenvalue weighted by Gasteiger charge is 2.30. The first-order chi connectivity index (χ1) is 13.1. The molecule has 0 saturated carbocycles. The van der Waals surface area contributed by atoms with Crippen LogP contribution in [0.2, 0.25) is 0 Å². The monoisotopic (exact) mass is 363 g/mol. The average molecular weight is 363 g/mol. The normalized spacial score (nSPS) is 16.8. The predicted molar refractivity (Wildman–Crippen MR) is 104 cm³/mol. The summed E-state index contributed by atoms with van der Waals surface area (Å²) in [4.78, 5) is 15.1. The van der Waals surface area contributed by atoms with Gasteiger partial charge in [-0.25, -0.2) is 4.68 Å². The van der Waals surface area contributed by atoms with Crippen LogP contribution < -0.4 is 0 Å². The molecule has 1 aliphatic rings. The van der Waals surface area contributed by atoms with E-state index < -0.39 is 0 Å². The molecule has 0 spiro atoms. The van der Waals surface area contributed by atoms with Crippen LogP contribution in [-0.4, -0.2) is 43.0 Å². The lowest BCUT2D eigenvalue weighted by Gasteiger charge is -2.25. The smallest absolute Gasteiger partial charge is 0.227 e. The lowest BCUT2D eigenvalue weighted by Crippen LogP contribution is -2.39. The number of aromatic nitrogens is 4. The molecule has 4 rings (SSSR count). The number of carbonyl (C=O) groups is 1. The fourth-order valence-corrected chi connectivity index (χ4v) is 3.98. The molecule has 1 aliphatic heterocycles. The van der Waals surface area contributed by atoms with Gasteiger partial charge in [0, 0.05) is 30.2 Å². The van der Waals surface area contributed by atoms with Gasteiger partial charge in [0.1, 0.15) is 0 Å². The van der Waals surface area contributed by atoms with E-state index in [0.717, 1.165) is 48.6 Å². The van der Waals surface area contributed by atoms with Crippen molar-refractivity contribution in [1.82, 2.24) is 24.5 Å². The highest BCUT2D eigenvalue weighted by molar-refractivity contribution is 5.80. The number of amides is 1. The summed E-state index contributed by atoms with van der Waals surface area (Å²) >= 11 is 0. The molecule has 1 aromatic carbocycles. The Morgan fingerprint density at radius 1 is 1.19 bits per heavy atom. The topological polar surface area (TPSA) is 56.0 Å². The molecule has 0 aliphatic carbocycles. The molecule has 2 aromatic heterocycles. The van der Waals surface area contributed by atoms with Gasteiger partial charge in [-0.1, -0.05) is 18.2 Å². The Kier molecular flexibility index (Phi) is 4.79. The van der Waals surface area contributed by atoms with E-state index in [1.807, 2.05) is 70.7 Å². The molecule has 27 heavy (non-hydrogen) atoms. The minimum absolute atomic E-state index is 0.184. The Balaban J connectivity index is 1.52. The molecule has 3 aromatic rings. The molecule has 140 valence electrons. The lowest BCUT2D eigenvalue weighted by atomic mass is 10.1. The molecule has 1 saturated heterocycles. The maximum absolute atomic E-state index is 13.1. The average Bonchev–Trinajstić information content (AvgIpc) is 3.41. The summed E-state index contributed by atoms with van der Waals surface area (Å²) in [6.07, 6.45) is 6.23. The summed E-state index contributed by atoms with van der Waals surface area (Å²) in [5.74, 6) is 0.184. The Morgan fingerprint density at radius 3 is 2.74 bits per heavy atom. The van der Waals surface area contributed by atoms with Gasteiger partial charge < -0.3 is 4.90 Å². The summed E-state index contributed by atoms with van der Waals surface area (Å²) in [6.45, 7) is 5.62. The van der Waals surface area contributed by atoms with Crippen LogP contribution in [0.1, 0.15) is 29.8 Å². The van der Waals surface area contributed by atoms with Crippen LogP contribution in [0.4, 0.5) is 0 Å². The van der Waals surface area contributed by atoms with Crippen LogP contribution in [0, 0.1) is 13.8 Å². The van der Waals surface area contributed by atoms with Crippen molar-refractivity contribution < 1.29 is 4.79 Å². The van der Waals surface area contributed by atoms with Crippen LogP contribution in [0.25, 0.3) is 5.69 Å². The Bertz CT molecular complexity index is 914. The van der Waals surface area contributed by atoms with Crippen molar-refractivity contribution in [2.45, 2.75) is 45.7 Å². The first kappa shape index (κ1) is 17.5. The standard InChI is InChI=1S/C21H25N5O/c1-16-20(17(2)26(23-16)18-8-4-3-5-9-18)14-21(27)25-13-6-10-19(25)15-24-12-7-11-22-24/h3-5,7-9,11-12,19H,6,10,13-15H2,1-2H3/t19-/m1/s1. The van der Waals surface area contributed by atoms with Crippen molar-refractivity contribution in [2.24, 2.45) is 0 Å². The van der Waals surface area contributed by atoms with E-state index in [1.165, 1.54) is 0 Å². The fraction of sp³-hybridized carbons (Fsp3) is 0.381. The Labute approximate surface area is 159 Å². The lowest BCUT2D eigenvalue weighted by molar-refractivity contribution is -0.131. The highest BCUT2D eigenvalue weighted by atomic mass is 16.2. The minimum atomic E-state index is 0.184. The fourth-order valence-electron chi connectivity index (χ4n) is 3.98. The summed E-state index contributed by atoms with van der Waals surface area (Å²) in [6, 6.07) is 12.2. The van der Waals surface area contributed by atoms with Crippen molar-refractivity contribution in [3.8, 4) is 5.69 Å². The van der Waals surface area contributed by atoms with Crippen molar-refractivity contribution in [2.75, 3.05) is 6.54 Å². The quantitative estimate of drug-likeness (QED) is 0.700. The second-order valence-corrected chi connectivity index (χ2v) is 7.18. The molecular formula is C21H25N5O. The summed E-state index contributed by atoms with van der Waals surface area (Å²) in [5, 5.41) is 8.96. The van der Waals surface area contributed by atoms with Crippen molar-refractivity contribution in [1.29, 1.82) is 0 Å². The molecular weight excluding hydrogens is 338 g/mol. The van der Waals surface area contributed by atoms with Gasteiger partial charge in [-0.3, -0.25) is 9.48 Å². The summed E-state index contributed by atoms with van der Waals surface area (Å²) < 4.78 is 3.85. The maximum Gasteiger partial charge on any atom is 0.227 e. The third kappa shape index (κ3) is 3.52. The number of para-hydroxylation sites is 1. The largest absolute Gasteiger partial charge is 0.338 e. The van der Waals surface area contributed by atoms with E-state index in [4.69, 9.17) is 0 Å². The van der Waals surface area contributed by atoms with Gasteiger partial charge in [0.15, 0.2) is 0 Å². The molecule has 1 fully saturated rings. The summed E-state index contributed by atoms with van der Waals surface area (Å²) in [5.41, 5.74) is 4.02. The van der Waals surface area contributed by atoms with Gasteiger partial charge in [0.25, 0.3) is 0 Å². The number of hydrogen-bond donors (Lipinski definition) is 0. The predicted octanol–water partition coefficient (Wildman–Crippen LogP) is 2.92. The zero-order valence-electron chi connectivity index (χ0n) is 15.9. The molecule has 0 bridgehead atoms. The molecule has 0 unspecified atom stereocenters. The molecule has 3 heterocycles.